The van der Waals surface area contributed by atoms with E-state index in [-0.39, 0.29) is 18.3 Å². The summed E-state index contributed by atoms with van der Waals surface area (Å²) in [5, 5.41) is 9.65. The lowest BCUT2D eigenvalue weighted by Gasteiger charge is -2.26. The summed E-state index contributed by atoms with van der Waals surface area (Å²) in [5.41, 5.74) is 0. The molecule has 0 aliphatic carbocycles. The molecule has 6 heteroatoms. The molecule has 1 fully saturated rings. The van der Waals surface area contributed by atoms with Gasteiger partial charge in [-0.05, 0) is 26.9 Å². The number of aliphatic hydroxyl groups excluding tert-OH is 1. The zero-order valence-electron chi connectivity index (χ0n) is 11.0. The van der Waals surface area contributed by atoms with Gasteiger partial charge in [0.1, 0.15) is 0 Å². The predicted octanol–water partition coefficient (Wildman–Crippen LogP) is 0.113. The van der Waals surface area contributed by atoms with Gasteiger partial charge < -0.3 is 10.0 Å². The van der Waals surface area contributed by atoms with Crippen LogP contribution in [0.5, 0.6) is 0 Å². The van der Waals surface area contributed by atoms with Crippen molar-refractivity contribution in [2.75, 3.05) is 32.9 Å². The lowest BCUT2D eigenvalue weighted by atomic mass is 10.2. The van der Waals surface area contributed by atoms with Crippen LogP contribution in [0.4, 0.5) is 0 Å². The van der Waals surface area contributed by atoms with Gasteiger partial charge in [-0.3, -0.25) is 0 Å². The van der Waals surface area contributed by atoms with Crippen LogP contribution in [0.1, 0.15) is 26.2 Å². The van der Waals surface area contributed by atoms with Gasteiger partial charge >= 0.3 is 0 Å². The third-order valence-electron chi connectivity index (χ3n) is 3.03. The van der Waals surface area contributed by atoms with Crippen molar-refractivity contribution in [3.63, 3.8) is 0 Å². The van der Waals surface area contributed by atoms with Crippen molar-refractivity contribution in [1.29, 1.82) is 0 Å². The second-order valence-corrected chi connectivity index (χ2v) is 7.09. The Morgan fingerprint density at radius 2 is 2.06 bits per heavy atom. The summed E-state index contributed by atoms with van der Waals surface area (Å²) < 4.78 is 25.7. The van der Waals surface area contributed by atoms with Crippen molar-refractivity contribution in [2.45, 2.75) is 38.3 Å². The number of unbranched alkanes of at least 4 members (excludes halogenated alkanes) is 1. The molecule has 0 spiro atoms. The molecule has 0 amide bonds. The SMILES string of the molecule is CCCCS(=O)(=O)N1CC(O)CC1CN(C)C. The van der Waals surface area contributed by atoms with Gasteiger partial charge in [0.15, 0.2) is 0 Å². The van der Waals surface area contributed by atoms with Crippen molar-refractivity contribution >= 4 is 10.0 Å². The van der Waals surface area contributed by atoms with Gasteiger partial charge in [-0.1, -0.05) is 13.3 Å². The zero-order valence-corrected chi connectivity index (χ0v) is 11.8. The van der Waals surface area contributed by atoms with Crippen molar-refractivity contribution in [2.24, 2.45) is 0 Å². The molecule has 2 unspecified atom stereocenters. The highest BCUT2D eigenvalue weighted by molar-refractivity contribution is 7.89. The fourth-order valence-corrected chi connectivity index (χ4v) is 4.13. The first-order chi connectivity index (χ1) is 7.86. The van der Waals surface area contributed by atoms with E-state index in [1.165, 1.54) is 4.31 Å². The molecule has 1 rings (SSSR count). The van der Waals surface area contributed by atoms with E-state index >= 15 is 0 Å². The van der Waals surface area contributed by atoms with Gasteiger partial charge in [0.25, 0.3) is 0 Å². The van der Waals surface area contributed by atoms with Crippen LogP contribution >= 0.6 is 0 Å². The lowest BCUT2D eigenvalue weighted by Crippen LogP contribution is -2.42. The van der Waals surface area contributed by atoms with E-state index in [1.807, 2.05) is 25.9 Å². The third-order valence-corrected chi connectivity index (χ3v) is 5.00. The molecule has 0 bridgehead atoms. The van der Waals surface area contributed by atoms with E-state index in [1.54, 1.807) is 0 Å². The number of sulfonamides is 1. The molecule has 1 aliphatic rings. The largest absolute Gasteiger partial charge is 0.392 e. The fourth-order valence-electron chi connectivity index (χ4n) is 2.23. The van der Waals surface area contributed by atoms with Crippen molar-refractivity contribution in [3.8, 4) is 0 Å². The zero-order chi connectivity index (χ0) is 13.1. The lowest BCUT2D eigenvalue weighted by molar-refractivity contribution is 0.188. The van der Waals surface area contributed by atoms with E-state index in [0.717, 1.165) is 6.42 Å². The number of nitrogens with zero attached hydrogens (tertiary/aromatic N) is 2. The van der Waals surface area contributed by atoms with E-state index in [9.17, 15) is 13.5 Å². The summed E-state index contributed by atoms with van der Waals surface area (Å²) in [6.07, 6.45) is 1.58. The van der Waals surface area contributed by atoms with E-state index in [0.29, 0.717) is 19.4 Å². The minimum atomic E-state index is -3.20. The summed E-state index contributed by atoms with van der Waals surface area (Å²) in [5.74, 6) is 0.195. The smallest absolute Gasteiger partial charge is 0.214 e. The normalized spacial score (nSPS) is 26.9. The molecular weight excluding hydrogens is 240 g/mol. The van der Waals surface area contributed by atoms with Gasteiger partial charge in [0.05, 0.1) is 11.9 Å². The summed E-state index contributed by atoms with van der Waals surface area (Å²) in [6.45, 7) is 2.90. The highest BCUT2D eigenvalue weighted by Crippen LogP contribution is 2.22. The number of hydrogen-bond acceptors (Lipinski definition) is 4. The van der Waals surface area contributed by atoms with Crippen LogP contribution in [0.15, 0.2) is 0 Å². The van der Waals surface area contributed by atoms with Crippen molar-refractivity contribution in [1.82, 2.24) is 9.21 Å². The van der Waals surface area contributed by atoms with Crippen molar-refractivity contribution < 1.29 is 13.5 Å². The van der Waals surface area contributed by atoms with Gasteiger partial charge in [0.2, 0.25) is 10.0 Å². The average molecular weight is 264 g/mol. The summed E-state index contributed by atoms with van der Waals surface area (Å²) >= 11 is 0. The van der Waals surface area contributed by atoms with Crippen LogP contribution in [0.25, 0.3) is 0 Å². The van der Waals surface area contributed by atoms with Gasteiger partial charge in [-0.2, -0.15) is 4.31 Å². The molecule has 102 valence electrons. The number of aliphatic hydroxyl groups is 1. The van der Waals surface area contributed by atoms with Crippen LogP contribution in [0.3, 0.4) is 0 Å². The van der Waals surface area contributed by atoms with Crippen LogP contribution in [0, 0.1) is 0 Å². The maximum atomic E-state index is 12.1. The number of rotatable bonds is 6. The van der Waals surface area contributed by atoms with E-state index in [2.05, 4.69) is 0 Å². The first-order valence-electron chi connectivity index (χ1n) is 6.19. The van der Waals surface area contributed by atoms with Crippen LogP contribution in [-0.4, -0.2) is 67.8 Å². The monoisotopic (exact) mass is 264 g/mol. The van der Waals surface area contributed by atoms with Crippen LogP contribution < -0.4 is 0 Å². The highest BCUT2D eigenvalue weighted by atomic mass is 32.2. The van der Waals surface area contributed by atoms with E-state index < -0.39 is 16.1 Å². The van der Waals surface area contributed by atoms with Crippen LogP contribution in [0.2, 0.25) is 0 Å². The predicted molar refractivity (Wildman–Crippen MR) is 68.4 cm³/mol. The Morgan fingerprint density at radius 1 is 1.41 bits per heavy atom. The summed E-state index contributed by atoms with van der Waals surface area (Å²) in [4.78, 5) is 1.96. The highest BCUT2D eigenvalue weighted by Gasteiger charge is 2.38. The molecule has 1 saturated heterocycles. The first-order valence-corrected chi connectivity index (χ1v) is 7.80. The number of hydrogen-bond donors (Lipinski definition) is 1. The molecular formula is C11H24N2O3S. The minimum absolute atomic E-state index is 0.0816. The van der Waals surface area contributed by atoms with Crippen LogP contribution in [-0.2, 0) is 10.0 Å². The first kappa shape index (κ1) is 14.9. The quantitative estimate of drug-likeness (QED) is 0.740. The Morgan fingerprint density at radius 3 is 2.59 bits per heavy atom. The molecule has 1 heterocycles. The number of likely N-dealkylation sites (N-methyl/N-ethyl adjacent to an activating group) is 1. The number of β-amino-alcohol motifs (C(OH)–C–C–N with tert-alkyl or cyclic N) is 1. The third kappa shape index (κ3) is 4.21. The second-order valence-electron chi connectivity index (χ2n) is 5.04. The molecule has 0 aromatic heterocycles. The molecule has 0 saturated carbocycles. The molecule has 2 atom stereocenters. The molecule has 0 aromatic rings. The fraction of sp³-hybridized carbons (Fsp3) is 1.00. The average Bonchev–Trinajstić information content (AvgIpc) is 2.56. The molecule has 17 heavy (non-hydrogen) atoms. The molecule has 1 N–H and O–H groups in total. The molecule has 1 aliphatic heterocycles. The van der Waals surface area contributed by atoms with Crippen molar-refractivity contribution in [3.05, 3.63) is 0 Å². The van der Waals surface area contributed by atoms with Gasteiger partial charge in [0, 0.05) is 19.1 Å². The Hall–Kier alpha value is -0.170. The van der Waals surface area contributed by atoms with Gasteiger partial charge in [-0.15, -0.1) is 0 Å². The maximum absolute atomic E-state index is 12.1. The Labute approximate surface area is 104 Å². The topological polar surface area (TPSA) is 60.9 Å². The minimum Gasteiger partial charge on any atom is -0.392 e. The Bertz CT molecular complexity index is 330. The molecule has 0 aromatic carbocycles. The second kappa shape index (κ2) is 6.13. The summed E-state index contributed by atoms with van der Waals surface area (Å²) in [7, 11) is 0.633. The Balaban J connectivity index is 2.72. The standard InChI is InChI=1S/C11H24N2O3S/c1-4-5-6-17(15,16)13-9-11(14)7-10(13)8-12(2)3/h10-11,14H,4-9H2,1-3H3. The summed E-state index contributed by atoms with van der Waals surface area (Å²) in [6, 6.07) is -0.0816. The molecule has 0 radical (unpaired) electrons. The molecule has 5 nitrogen and oxygen atoms in total. The van der Waals surface area contributed by atoms with Gasteiger partial charge in [-0.25, -0.2) is 8.42 Å². The Kier molecular flexibility index (Phi) is 5.37. The maximum Gasteiger partial charge on any atom is 0.214 e. The van der Waals surface area contributed by atoms with E-state index in [4.69, 9.17) is 0 Å².